The maximum Gasteiger partial charge on any atom is 0.224 e. The zero-order valence-electron chi connectivity index (χ0n) is 9.27. The summed E-state index contributed by atoms with van der Waals surface area (Å²) in [5.74, 6) is 2.09. The highest BCUT2D eigenvalue weighted by Gasteiger charge is 2.13. The quantitative estimate of drug-likeness (QED) is 0.720. The molecule has 1 aromatic carbocycles. The van der Waals surface area contributed by atoms with Crippen molar-refractivity contribution in [1.82, 2.24) is 0 Å². The van der Waals surface area contributed by atoms with E-state index in [1.54, 1.807) is 24.1 Å². The van der Waals surface area contributed by atoms with Crippen molar-refractivity contribution in [2.45, 2.75) is 6.92 Å². The lowest BCUT2D eigenvalue weighted by Gasteiger charge is -2.21. The highest BCUT2D eigenvalue weighted by atomic mass is 16.5. The normalized spacial score (nSPS) is 9.12. The van der Waals surface area contributed by atoms with Crippen molar-refractivity contribution in [3.63, 3.8) is 0 Å². The number of anilines is 1. The van der Waals surface area contributed by atoms with Crippen molar-refractivity contribution in [2.75, 3.05) is 18.6 Å². The number of rotatable bonds is 4. The molecule has 84 valence electrons. The lowest BCUT2D eigenvalue weighted by atomic mass is 10.2. The number of nitrogens with zero attached hydrogens (tertiary/aromatic N) is 1. The van der Waals surface area contributed by atoms with E-state index in [-0.39, 0.29) is 12.5 Å². The largest absolute Gasteiger partial charge is 0.495 e. The van der Waals surface area contributed by atoms with E-state index in [0.717, 1.165) is 0 Å². The van der Waals surface area contributed by atoms with Gasteiger partial charge in [0.1, 0.15) is 11.7 Å². The summed E-state index contributed by atoms with van der Waals surface area (Å²) in [5.41, 5.74) is 0.643. The molecule has 0 spiro atoms. The second-order valence-corrected chi connectivity index (χ2v) is 3.12. The lowest BCUT2D eigenvalue weighted by molar-refractivity contribution is -0.116. The molecule has 0 aromatic heterocycles. The van der Waals surface area contributed by atoms with Crippen LogP contribution in [0.25, 0.3) is 0 Å². The Bertz CT molecular complexity index is 422. The predicted octanol–water partition coefficient (Wildman–Crippen LogP) is 1.44. The Hall–Kier alpha value is -2.06. The molecule has 0 heterocycles. The van der Waals surface area contributed by atoms with Crippen molar-refractivity contribution in [3.8, 4) is 5.75 Å². The van der Waals surface area contributed by atoms with Gasteiger partial charge >= 0.3 is 0 Å². The highest BCUT2D eigenvalue weighted by molar-refractivity contribution is 5.93. The smallest absolute Gasteiger partial charge is 0.224 e. The Morgan fingerprint density at radius 3 is 2.75 bits per heavy atom. The number of hydrogen-bond acceptors (Lipinski definition) is 3. The summed E-state index contributed by atoms with van der Waals surface area (Å²) >= 11 is 0. The van der Waals surface area contributed by atoms with E-state index in [1.807, 2.05) is 6.07 Å². The molecule has 0 atom stereocenters. The first-order valence-electron chi connectivity index (χ1n) is 4.81. The molecule has 0 saturated carbocycles. The number of hydrogen-bond donors (Lipinski definition) is 0. The minimum absolute atomic E-state index is 0.156. The fraction of sp³-hybridized carbons (Fsp3) is 0.250. The molecule has 0 N–H and O–H groups in total. The average Bonchev–Trinajstić information content (AvgIpc) is 2.29. The predicted molar refractivity (Wildman–Crippen MR) is 61.3 cm³/mol. The molecule has 1 amide bonds. The third-order valence-corrected chi connectivity index (χ3v) is 2.11. The molecule has 16 heavy (non-hydrogen) atoms. The first kappa shape index (κ1) is 12.0. The standard InChI is InChI=1S/C12H13NO3/c1-10(15)13(8-5-9-14)11-6-3-4-7-12(11)16-2/h3-7H,8H2,1-2H3. The van der Waals surface area contributed by atoms with Crippen LogP contribution in [0.2, 0.25) is 0 Å². The van der Waals surface area contributed by atoms with Crippen LogP contribution < -0.4 is 9.64 Å². The van der Waals surface area contributed by atoms with Crippen molar-refractivity contribution >= 4 is 17.5 Å². The summed E-state index contributed by atoms with van der Waals surface area (Å²) in [5, 5.41) is 0. The first-order chi connectivity index (χ1) is 7.70. The molecule has 0 aliphatic heterocycles. The van der Waals surface area contributed by atoms with Crippen molar-refractivity contribution in [3.05, 3.63) is 30.3 Å². The number of ether oxygens (including phenoxy) is 1. The number of amides is 1. The second-order valence-electron chi connectivity index (χ2n) is 3.12. The van der Waals surface area contributed by atoms with E-state index >= 15 is 0 Å². The van der Waals surface area contributed by atoms with E-state index in [1.165, 1.54) is 25.0 Å². The summed E-state index contributed by atoms with van der Waals surface area (Å²) in [4.78, 5) is 23.1. The van der Waals surface area contributed by atoms with Crippen molar-refractivity contribution in [2.24, 2.45) is 0 Å². The van der Waals surface area contributed by atoms with E-state index < -0.39 is 0 Å². The van der Waals surface area contributed by atoms with Crippen LogP contribution >= 0.6 is 0 Å². The van der Waals surface area contributed by atoms with E-state index in [9.17, 15) is 9.59 Å². The molecule has 0 fully saturated rings. The maximum atomic E-state index is 11.4. The second kappa shape index (κ2) is 5.73. The van der Waals surface area contributed by atoms with Gasteiger partial charge in [-0.2, -0.15) is 0 Å². The molecule has 1 aromatic rings. The van der Waals surface area contributed by atoms with Gasteiger partial charge in [0.05, 0.1) is 19.3 Å². The molecule has 0 bridgehead atoms. The maximum absolute atomic E-state index is 11.4. The van der Waals surface area contributed by atoms with Crippen LogP contribution in [-0.4, -0.2) is 25.5 Å². The van der Waals surface area contributed by atoms with E-state index in [2.05, 4.69) is 0 Å². The molecular weight excluding hydrogens is 206 g/mol. The van der Waals surface area contributed by atoms with Gasteiger partial charge in [0.25, 0.3) is 0 Å². The molecule has 0 radical (unpaired) electrons. The Kier molecular flexibility index (Phi) is 4.30. The summed E-state index contributed by atoms with van der Waals surface area (Å²) in [7, 11) is 1.53. The van der Waals surface area contributed by atoms with Crippen LogP contribution in [0.5, 0.6) is 5.75 Å². The van der Waals surface area contributed by atoms with Crippen LogP contribution in [0.15, 0.2) is 30.3 Å². The summed E-state index contributed by atoms with van der Waals surface area (Å²) in [6.07, 6.45) is 1.26. The Balaban J connectivity index is 3.09. The third kappa shape index (κ3) is 2.72. The average molecular weight is 219 g/mol. The fourth-order valence-electron chi connectivity index (χ4n) is 1.38. The van der Waals surface area contributed by atoms with Crippen LogP contribution in [0.4, 0.5) is 5.69 Å². The zero-order chi connectivity index (χ0) is 12.0. The molecule has 0 aliphatic rings. The van der Waals surface area contributed by atoms with Gasteiger partial charge in [0.15, 0.2) is 0 Å². The molecular formula is C12H13NO3. The number of methoxy groups -OCH3 is 1. The summed E-state index contributed by atoms with van der Waals surface area (Å²) < 4.78 is 5.15. The number of carbonyl (C=O) groups excluding carboxylic acids is 2. The molecule has 1 rings (SSSR count). The van der Waals surface area contributed by atoms with Crippen LogP contribution in [0.1, 0.15) is 6.92 Å². The highest BCUT2D eigenvalue weighted by Crippen LogP contribution is 2.27. The van der Waals surface area contributed by atoms with Gasteiger partial charge in [0.2, 0.25) is 5.91 Å². The van der Waals surface area contributed by atoms with E-state index in [4.69, 9.17) is 4.74 Å². The lowest BCUT2D eigenvalue weighted by Crippen LogP contribution is -2.28. The Labute approximate surface area is 94.1 Å². The molecule has 0 saturated heterocycles. The van der Waals surface area contributed by atoms with Gasteiger partial charge in [-0.05, 0) is 12.1 Å². The van der Waals surface area contributed by atoms with Crippen LogP contribution in [-0.2, 0) is 9.59 Å². The van der Waals surface area contributed by atoms with Crippen molar-refractivity contribution in [1.29, 1.82) is 0 Å². The van der Waals surface area contributed by atoms with Gasteiger partial charge in [0, 0.05) is 13.0 Å². The first-order valence-corrected chi connectivity index (χ1v) is 4.81. The van der Waals surface area contributed by atoms with Gasteiger partial charge in [-0.15, -0.1) is 0 Å². The minimum Gasteiger partial charge on any atom is -0.495 e. The summed E-state index contributed by atoms with van der Waals surface area (Å²) in [6, 6.07) is 7.14. The van der Waals surface area contributed by atoms with Gasteiger partial charge in [-0.1, -0.05) is 12.1 Å². The van der Waals surface area contributed by atoms with Crippen LogP contribution in [0.3, 0.4) is 0 Å². The minimum atomic E-state index is -0.156. The number of para-hydroxylation sites is 2. The van der Waals surface area contributed by atoms with E-state index in [0.29, 0.717) is 11.4 Å². The van der Waals surface area contributed by atoms with Crippen LogP contribution in [0, 0.1) is 0 Å². The van der Waals surface area contributed by atoms with Gasteiger partial charge in [-0.3, -0.25) is 4.79 Å². The zero-order valence-corrected chi connectivity index (χ0v) is 9.27. The molecule has 0 aliphatic carbocycles. The SMILES string of the molecule is COc1ccccc1N(CC=C=O)C(C)=O. The molecule has 0 unspecified atom stereocenters. The fourth-order valence-corrected chi connectivity index (χ4v) is 1.38. The van der Waals surface area contributed by atoms with Gasteiger partial charge in [-0.25, -0.2) is 4.79 Å². The Morgan fingerprint density at radius 2 is 2.19 bits per heavy atom. The monoisotopic (exact) mass is 219 g/mol. The third-order valence-electron chi connectivity index (χ3n) is 2.11. The summed E-state index contributed by atoms with van der Waals surface area (Å²) in [6.45, 7) is 1.63. The van der Waals surface area contributed by atoms with Gasteiger partial charge < -0.3 is 9.64 Å². The molecule has 4 heteroatoms. The number of carbonyl (C=O) groups is 1. The number of benzene rings is 1. The van der Waals surface area contributed by atoms with Crippen molar-refractivity contribution < 1.29 is 14.3 Å². The topological polar surface area (TPSA) is 46.6 Å². The molecule has 4 nitrogen and oxygen atoms in total. The Morgan fingerprint density at radius 1 is 1.50 bits per heavy atom.